The van der Waals surface area contributed by atoms with E-state index < -0.39 is 0 Å². The fourth-order valence-electron chi connectivity index (χ4n) is 1.89. The number of Topliss-reactive ketones (excluding diaryl/α,β-unsaturated/α-hetero) is 1. The van der Waals surface area contributed by atoms with Crippen LogP contribution in [-0.2, 0) is 0 Å². The molecule has 0 aliphatic heterocycles. The molecule has 1 heterocycles. The Bertz CT molecular complexity index is 573. The molecule has 3 nitrogen and oxygen atoms in total. The van der Waals surface area contributed by atoms with E-state index in [2.05, 4.69) is 31.0 Å². The van der Waals surface area contributed by atoms with Crippen LogP contribution < -0.4 is 4.74 Å². The number of ether oxygens (including phenoxy) is 1. The molecule has 1 aromatic heterocycles. The first-order valence-corrected chi connectivity index (χ1v) is 6.85. The van der Waals surface area contributed by atoms with Crippen molar-refractivity contribution in [2.24, 2.45) is 0 Å². The van der Waals surface area contributed by atoms with Crippen molar-refractivity contribution in [3.63, 3.8) is 0 Å². The zero-order chi connectivity index (χ0) is 14.5. The highest BCUT2D eigenvalue weighted by molar-refractivity contribution is 5.92. The van der Waals surface area contributed by atoms with E-state index in [-0.39, 0.29) is 5.78 Å². The molecule has 0 saturated heterocycles. The smallest absolute Gasteiger partial charge is 0.178 e. The van der Waals surface area contributed by atoms with Gasteiger partial charge >= 0.3 is 0 Å². The number of rotatable bonds is 5. The van der Waals surface area contributed by atoms with E-state index in [1.165, 1.54) is 12.5 Å². The summed E-state index contributed by atoms with van der Waals surface area (Å²) in [5.41, 5.74) is 1.76. The van der Waals surface area contributed by atoms with Crippen molar-refractivity contribution in [2.45, 2.75) is 33.1 Å². The van der Waals surface area contributed by atoms with Crippen LogP contribution in [0.3, 0.4) is 0 Å². The van der Waals surface area contributed by atoms with E-state index in [0.29, 0.717) is 17.4 Å². The van der Waals surface area contributed by atoms with E-state index in [0.717, 1.165) is 12.2 Å². The summed E-state index contributed by atoms with van der Waals surface area (Å²) in [4.78, 5) is 15.2. The summed E-state index contributed by atoms with van der Waals surface area (Å²) in [7, 11) is 0. The van der Waals surface area contributed by atoms with Crippen LogP contribution in [0, 0.1) is 0 Å². The molecule has 0 saturated carbocycles. The molecule has 0 aliphatic rings. The van der Waals surface area contributed by atoms with Gasteiger partial charge in [-0.3, -0.25) is 4.79 Å². The molecular weight excluding hydrogens is 250 g/mol. The van der Waals surface area contributed by atoms with Crippen LogP contribution in [0.25, 0.3) is 0 Å². The molecule has 0 aliphatic carbocycles. The van der Waals surface area contributed by atoms with Crippen LogP contribution in [0.1, 0.15) is 49.2 Å². The van der Waals surface area contributed by atoms with E-state index >= 15 is 0 Å². The lowest BCUT2D eigenvalue weighted by molar-refractivity contribution is 0.101. The largest absolute Gasteiger partial charge is 0.456 e. The zero-order valence-corrected chi connectivity index (χ0v) is 12.1. The Hall–Kier alpha value is -2.16. The molecule has 1 aromatic carbocycles. The van der Waals surface area contributed by atoms with Crippen molar-refractivity contribution in [1.29, 1.82) is 0 Å². The second-order valence-electron chi connectivity index (χ2n) is 4.92. The number of hydrogen-bond donors (Lipinski definition) is 0. The molecule has 0 N–H and O–H groups in total. The van der Waals surface area contributed by atoms with Crippen LogP contribution >= 0.6 is 0 Å². The minimum Gasteiger partial charge on any atom is -0.456 e. The summed E-state index contributed by atoms with van der Waals surface area (Å²) >= 11 is 0. The van der Waals surface area contributed by atoms with Crippen LogP contribution in [-0.4, -0.2) is 10.8 Å². The first-order chi connectivity index (χ1) is 9.60. The van der Waals surface area contributed by atoms with E-state index in [1.54, 1.807) is 18.3 Å². The molecule has 0 spiro atoms. The molecule has 0 radical (unpaired) electrons. The summed E-state index contributed by atoms with van der Waals surface area (Å²) in [6.45, 7) is 5.88. The second kappa shape index (κ2) is 6.33. The van der Waals surface area contributed by atoms with Gasteiger partial charge in [-0.2, -0.15) is 0 Å². The third kappa shape index (κ3) is 3.44. The highest BCUT2D eigenvalue weighted by atomic mass is 16.5. The molecule has 20 heavy (non-hydrogen) atoms. The van der Waals surface area contributed by atoms with Crippen molar-refractivity contribution in [3.8, 4) is 11.5 Å². The minimum absolute atomic E-state index is 0.0468. The standard InChI is InChI=1S/C17H19NO2/c1-4-12(2)14-5-7-15(8-6-14)20-16-9-10-17(13(3)19)18-11-16/h5-12H,4H2,1-3H3. The van der Waals surface area contributed by atoms with Gasteiger partial charge < -0.3 is 4.74 Å². The minimum atomic E-state index is -0.0468. The van der Waals surface area contributed by atoms with Crippen LogP contribution in [0.2, 0.25) is 0 Å². The van der Waals surface area contributed by atoms with Gasteiger partial charge in [0.05, 0.1) is 6.20 Å². The molecule has 104 valence electrons. The summed E-state index contributed by atoms with van der Waals surface area (Å²) in [5, 5.41) is 0. The summed E-state index contributed by atoms with van der Waals surface area (Å²) in [5.74, 6) is 1.91. The van der Waals surface area contributed by atoms with Crippen molar-refractivity contribution in [2.75, 3.05) is 0 Å². The lowest BCUT2D eigenvalue weighted by Crippen LogP contribution is -1.96. The Morgan fingerprint density at radius 1 is 1.15 bits per heavy atom. The Labute approximate surface area is 119 Å². The summed E-state index contributed by atoms with van der Waals surface area (Å²) in [6.07, 6.45) is 2.69. The number of carbonyl (C=O) groups excluding carboxylic acids is 1. The molecule has 0 amide bonds. The average molecular weight is 269 g/mol. The molecule has 3 heteroatoms. The molecule has 2 aromatic rings. The monoisotopic (exact) mass is 269 g/mol. The topological polar surface area (TPSA) is 39.2 Å². The fraction of sp³-hybridized carbons (Fsp3) is 0.294. The number of nitrogens with zero attached hydrogens (tertiary/aromatic N) is 1. The predicted molar refractivity (Wildman–Crippen MR) is 79.5 cm³/mol. The molecule has 1 unspecified atom stereocenters. The van der Waals surface area contributed by atoms with Gasteiger partial charge in [0.2, 0.25) is 0 Å². The molecular formula is C17H19NO2. The van der Waals surface area contributed by atoms with Crippen molar-refractivity contribution < 1.29 is 9.53 Å². The quantitative estimate of drug-likeness (QED) is 0.745. The number of hydrogen-bond acceptors (Lipinski definition) is 3. The highest BCUT2D eigenvalue weighted by Crippen LogP contribution is 2.24. The van der Waals surface area contributed by atoms with Crippen molar-refractivity contribution in [3.05, 3.63) is 53.9 Å². The number of pyridine rings is 1. The van der Waals surface area contributed by atoms with Gasteiger partial charge in [-0.05, 0) is 42.2 Å². The van der Waals surface area contributed by atoms with E-state index in [4.69, 9.17) is 4.74 Å². The Kier molecular flexibility index (Phi) is 4.51. The maximum absolute atomic E-state index is 11.1. The molecule has 1 atom stereocenters. The van der Waals surface area contributed by atoms with Crippen LogP contribution in [0.5, 0.6) is 11.5 Å². The van der Waals surface area contributed by atoms with Crippen molar-refractivity contribution >= 4 is 5.78 Å². The van der Waals surface area contributed by atoms with E-state index in [1.807, 2.05) is 12.1 Å². The first-order valence-electron chi connectivity index (χ1n) is 6.85. The van der Waals surface area contributed by atoms with Crippen molar-refractivity contribution in [1.82, 2.24) is 4.98 Å². The number of ketones is 1. The third-order valence-corrected chi connectivity index (χ3v) is 3.39. The number of benzene rings is 1. The van der Waals surface area contributed by atoms with Gasteiger partial charge in [0.1, 0.15) is 17.2 Å². The second-order valence-corrected chi connectivity index (χ2v) is 4.92. The van der Waals surface area contributed by atoms with E-state index in [9.17, 15) is 4.79 Å². The lowest BCUT2D eigenvalue weighted by Gasteiger charge is -2.10. The average Bonchev–Trinajstić information content (AvgIpc) is 2.48. The Morgan fingerprint density at radius 3 is 2.30 bits per heavy atom. The summed E-state index contributed by atoms with van der Waals surface area (Å²) in [6, 6.07) is 11.5. The van der Waals surface area contributed by atoms with Crippen LogP contribution in [0.15, 0.2) is 42.6 Å². The third-order valence-electron chi connectivity index (χ3n) is 3.39. The van der Waals surface area contributed by atoms with Gasteiger partial charge in [-0.15, -0.1) is 0 Å². The zero-order valence-electron chi connectivity index (χ0n) is 12.1. The maximum Gasteiger partial charge on any atom is 0.178 e. The lowest BCUT2D eigenvalue weighted by atomic mass is 9.99. The number of carbonyl (C=O) groups is 1. The molecule has 2 rings (SSSR count). The normalized spacial score (nSPS) is 11.9. The van der Waals surface area contributed by atoms with Gasteiger partial charge in [-0.25, -0.2) is 4.98 Å². The predicted octanol–water partition coefficient (Wildman–Crippen LogP) is 4.59. The Morgan fingerprint density at radius 2 is 1.80 bits per heavy atom. The van der Waals surface area contributed by atoms with Crippen LogP contribution in [0.4, 0.5) is 0 Å². The van der Waals surface area contributed by atoms with Gasteiger partial charge in [-0.1, -0.05) is 26.0 Å². The SMILES string of the molecule is CCC(C)c1ccc(Oc2ccc(C(C)=O)nc2)cc1. The Balaban J connectivity index is 2.08. The highest BCUT2D eigenvalue weighted by Gasteiger charge is 2.05. The number of aromatic nitrogens is 1. The first kappa shape index (κ1) is 14.3. The maximum atomic E-state index is 11.1. The summed E-state index contributed by atoms with van der Waals surface area (Å²) < 4.78 is 5.71. The fourth-order valence-corrected chi connectivity index (χ4v) is 1.89. The van der Waals surface area contributed by atoms with Gasteiger partial charge in [0.25, 0.3) is 0 Å². The van der Waals surface area contributed by atoms with Gasteiger partial charge in [0.15, 0.2) is 5.78 Å². The molecule has 0 bridgehead atoms. The van der Waals surface area contributed by atoms with Gasteiger partial charge in [0, 0.05) is 6.92 Å². The molecule has 0 fully saturated rings.